The standard InChI is InChI=1S/C20H25BrN4O2S/c1-2-6-22-18(26)13-24-7-9-25(10-8-24)19(27)12-17-14-28-20(23-17)15-4-3-5-16(21)11-15/h3-5,11,14H,2,6-10,12-13H2,1H3,(H,22,26). The van der Waals surface area contributed by atoms with Gasteiger partial charge in [0.2, 0.25) is 11.8 Å². The van der Waals surface area contributed by atoms with E-state index >= 15 is 0 Å². The van der Waals surface area contributed by atoms with Gasteiger partial charge >= 0.3 is 0 Å². The Labute approximate surface area is 178 Å². The van der Waals surface area contributed by atoms with Gasteiger partial charge in [-0.2, -0.15) is 0 Å². The third-order valence-electron chi connectivity index (χ3n) is 4.62. The normalized spacial score (nSPS) is 14.9. The maximum atomic E-state index is 12.6. The number of piperazine rings is 1. The third kappa shape index (κ3) is 5.86. The van der Waals surface area contributed by atoms with Crippen LogP contribution < -0.4 is 5.32 Å². The molecular formula is C20H25BrN4O2S. The van der Waals surface area contributed by atoms with E-state index in [4.69, 9.17) is 0 Å². The Morgan fingerprint density at radius 1 is 1.25 bits per heavy atom. The van der Waals surface area contributed by atoms with Crippen LogP contribution in [0, 0.1) is 0 Å². The summed E-state index contributed by atoms with van der Waals surface area (Å²) in [7, 11) is 0. The summed E-state index contributed by atoms with van der Waals surface area (Å²) in [6.45, 7) is 5.92. The molecule has 1 N–H and O–H groups in total. The molecule has 0 spiro atoms. The molecule has 8 heteroatoms. The lowest BCUT2D eigenvalue weighted by Gasteiger charge is -2.34. The molecule has 1 aliphatic heterocycles. The topological polar surface area (TPSA) is 65.5 Å². The number of halogens is 1. The molecule has 2 heterocycles. The number of carbonyl (C=O) groups is 2. The van der Waals surface area contributed by atoms with E-state index in [0.717, 1.165) is 40.2 Å². The minimum absolute atomic E-state index is 0.0594. The second-order valence-corrected chi connectivity index (χ2v) is 8.61. The summed E-state index contributed by atoms with van der Waals surface area (Å²) in [4.78, 5) is 33.0. The molecule has 0 radical (unpaired) electrons. The van der Waals surface area contributed by atoms with Crippen molar-refractivity contribution in [3.8, 4) is 10.6 Å². The van der Waals surface area contributed by atoms with Gasteiger partial charge in [0.05, 0.1) is 18.7 Å². The van der Waals surface area contributed by atoms with Crippen molar-refractivity contribution >= 4 is 39.1 Å². The van der Waals surface area contributed by atoms with Gasteiger partial charge in [-0.15, -0.1) is 11.3 Å². The number of hydrogen-bond acceptors (Lipinski definition) is 5. The SMILES string of the molecule is CCCNC(=O)CN1CCN(C(=O)Cc2csc(-c3cccc(Br)c3)n2)CC1. The summed E-state index contributed by atoms with van der Waals surface area (Å²) in [6.07, 6.45) is 1.26. The number of thiazole rings is 1. The molecule has 1 aromatic carbocycles. The zero-order chi connectivity index (χ0) is 19.9. The Morgan fingerprint density at radius 3 is 2.75 bits per heavy atom. The number of amides is 2. The average molecular weight is 465 g/mol. The van der Waals surface area contributed by atoms with Crippen molar-refractivity contribution in [2.45, 2.75) is 19.8 Å². The summed E-state index contributed by atoms with van der Waals surface area (Å²) in [5.74, 6) is 0.158. The first-order valence-corrected chi connectivity index (χ1v) is 11.2. The van der Waals surface area contributed by atoms with E-state index in [1.807, 2.05) is 41.5 Å². The Kier molecular flexibility index (Phi) is 7.58. The molecule has 6 nitrogen and oxygen atoms in total. The molecule has 0 bridgehead atoms. The molecule has 1 fully saturated rings. The first-order chi connectivity index (χ1) is 13.5. The molecular weight excluding hydrogens is 440 g/mol. The molecule has 3 rings (SSSR count). The highest BCUT2D eigenvalue weighted by atomic mass is 79.9. The van der Waals surface area contributed by atoms with Crippen LogP contribution in [0.5, 0.6) is 0 Å². The van der Waals surface area contributed by atoms with Crippen LogP contribution in [0.1, 0.15) is 19.0 Å². The fourth-order valence-corrected chi connectivity index (χ4v) is 4.30. The highest BCUT2D eigenvalue weighted by Gasteiger charge is 2.23. The molecule has 1 saturated heterocycles. The van der Waals surface area contributed by atoms with E-state index in [9.17, 15) is 9.59 Å². The first-order valence-electron chi connectivity index (χ1n) is 9.52. The van der Waals surface area contributed by atoms with Gasteiger partial charge in [-0.1, -0.05) is 35.0 Å². The predicted molar refractivity (Wildman–Crippen MR) is 115 cm³/mol. The van der Waals surface area contributed by atoms with E-state index in [-0.39, 0.29) is 11.8 Å². The van der Waals surface area contributed by atoms with Gasteiger partial charge in [0, 0.05) is 48.1 Å². The van der Waals surface area contributed by atoms with E-state index in [1.54, 1.807) is 11.3 Å². The summed E-state index contributed by atoms with van der Waals surface area (Å²) in [5.41, 5.74) is 1.86. The summed E-state index contributed by atoms with van der Waals surface area (Å²) >= 11 is 5.04. The van der Waals surface area contributed by atoms with Crippen LogP contribution in [-0.4, -0.2) is 65.9 Å². The number of carbonyl (C=O) groups excluding carboxylic acids is 2. The van der Waals surface area contributed by atoms with Crippen molar-refractivity contribution in [1.82, 2.24) is 20.1 Å². The fraction of sp³-hybridized carbons (Fsp3) is 0.450. The van der Waals surface area contributed by atoms with Gasteiger partial charge in [-0.25, -0.2) is 4.98 Å². The molecule has 2 aromatic rings. The van der Waals surface area contributed by atoms with Gasteiger partial charge < -0.3 is 10.2 Å². The smallest absolute Gasteiger partial charge is 0.234 e. The van der Waals surface area contributed by atoms with Crippen LogP contribution in [0.25, 0.3) is 10.6 Å². The fourth-order valence-electron chi connectivity index (χ4n) is 3.09. The maximum absolute atomic E-state index is 12.6. The minimum atomic E-state index is 0.0594. The number of hydrogen-bond donors (Lipinski definition) is 1. The third-order valence-corrected chi connectivity index (χ3v) is 6.05. The Hall–Kier alpha value is -1.77. The highest BCUT2D eigenvalue weighted by molar-refractivity contribution is 9.10. The van der Waals surface area contributed by atoms with E-state index in [2.05, 4.69) is 31.1 Å². The maximum Gasteiger partial charge on any atom is 0.234 e. The van der Waals surface area contributed by atoms with Gasteiger partial charge in [0.1, 0.15) is 5.01 Å². The average Bonchev–Trinajstić information content (AvgIpc) is 3.15. The van der Waals surface area contributed by atoms with Crippen LogP contribution >= 0.6 is 27.3 Å². The van der Waals surface area contributed by atoms with Crippen molar-refractivity contribution in [1.29, 1.82) is 0 Å². The van der Waals surface area contributed by atoms with E-state index in [1.165, 1.54) is 0 Å². The largest absolute Gasteiger partial charge is 0.355 e. The van der Waals surface area contributed by atoms with Gasteiger partial charge in [-0.3, -0.25) is 14.5 Å². The molecule has 150 valence electrons. The lowest BCUT2D eigenvalue weighted by atomic mass is 10.2. The van der Waals surface area contributed by atoms with Gasteiger partial charge in [0.15, 0.2) is 0 Å². The quantitative estimate of drug-likeness (QED) is 0.683. The van der Waals surface area contributed by atoms with Crippen molar-refractivity contribution in [2.75, 3.05) is 39.3 Å². The lowest BCUT2D eigenvalue weighted by molar-refractivity contribution is -0.132. The second kappa shape index (κ2) is 10.1. The lowest BCUT2D eigenvalue weighted by Crippen LogP contribution is -2.51. The number of nitrogens with one attached hydrogen (secondary N) is 1. The Balaban J connectivity index is 1.48. The first kappa shape index (κ1) is 21.0. The predicted octanol–water partition coefficient (Wildman–Crippen LogP) is 2.79. The zero-order valence-corrected chi connectivity index (χ0v) is 18.4. The Bertz CT molecular complexity index is 818. The van der Waals surface area contributed by atoms with Crippen molar-refractivity contribution in [3.05, 3.63) is 39.8 Å². The molecule has 0 saturated carbocycles. The highest BCUT2D eigenvalue weighted by Crippen LogP contribution is 2.26. The molecule has 0 atom stereocenters. The van der Waals surface area contributed by atoms with Crippen LogP contribution in [-0.2, 0) is 16.0 Å². The van der Waals surface area contributed by atoms with Crippen LogP contribution in [0.2, 0.25) is 0 Å². The van der Waals surface area contributed by atoms with Crippen molar-refractivity contribution in [3.63, 3.8) is 0 Å². The molecule has 0 aliphatic carbocycles. The molecule has 0 unspecified atom stereocenters. The number of benzene rings is 1. The Morgan fingerprint density at radius 2 is 2.04 bits per heavy atom. The van der Waals surface area contributed by atoms with Crippen molar-refractivity contribution < 1.29 is 9.59 Å². The number of nitrogens with zero attached hydrogens (tertiary/aromatic N) is 3. The summed E-state index contributed by atoms with van der Waals surface area (Å²) in [6, 6.07) is 8.01. The summed E-state index contributed by atoms with van der Waals surface area (Å²) in [5, 5.41) is 5.78. The van der Waals surface area contributed by atoms with Crippen LogP contribution in [0.15, 0.2) is 34.1 Å². The van der Waals surface area contributed by atoms with Crippen LogP contribution in [0.3, 0.4) is 0 Å². The van der Waals surface area contributed by atoms with Gasteiger partial charge in [-0.05, 0) is 18.6 Å². The van der Waals surface area contributed by atoms with E-state index in [0.29, 0.717) is 32.6 Å². The zero-order valence-electron chi connectivity index (χ0n) is 16.0. The minimum Gasteiger partial charge on any atom is -0.355 e. The van der Waals surface area contributed by atoms with Crippen molar-refractivity contribution in [2.24, 2.45) is 0 Å². The molecule has 1 aliphatic rings. The molecule has 28 heavy (non-hydrogen) atoms. The summed E-state index contributed by atoms with van der Waals surface area (Å²) < 4.78 is 1.01. The van der Waals surface area contributed by atoms with Gasteiger partial charge in [0.25, 0.3) is 0 Å². The number of rotatable bonds is 7. The second-order valence-electron chi connectivity index (χ2n) is 6.84. The molecule has 1 aromatic heterocycles. The monoisotopic (exact) mass is 464 g/mol. The van der Waals surface area contributed by atoms with E-state index < -0.39 is 0 Å². The van der Waals surface area contributed by atoms with Crippen LogP contribution in [0.4, 0.5) is 0 Å². The number of aromatic nitrogens is 1. The molecule has 2 amide bonds.